The molecule has 1 heterocycles. The van der Waals surface area contributed by atoms with E-state index in [9.17, 15) is 22.4 Å². The molecule has 0 unspecified atom stereocenters. The second-order valence-electron chi connectivity index (χ2n) is 4.76. The third-order valence-electron chi connectivity index (χ3n) is 3.15. The van der Waals surface area contributed by atoms with Gasteiger partial charge in [-0.3, -0.25) is 10.1 Å². The van der Waals surface area contributed by atoms with Gasteiger partial charge in [-0.05, 0) is 24.6 Å². The molecule has 23 heavy (non-hydrogen) atoms. The number of anilines is 1. The maximum Gasteiger partial charge on any atom is 0.416 e. The van der Waals surface area contributed by atoms with E-state index in [0.717, 1.165) is 12.1 Å². The van der Waals surface area contributed by atoms with Gasteiger partial charge in [0.1, 0.15) is 0 Å². The zero-order valence-electron chi connectivity index (χ0n) is 12.2. The summed E-state index contributed by atoms with van der Waals surface area (Å²) in [7, 11) is 0. The maximum absolute atomic E-state index is 12.8. The Morgan fingerprint density at radius 1 is 1.35 bits per heavy atom. The third-order valence-corrected chi connectivity index (χ3v) is 3.15. The summed E-state index contributed by atoms with van der Waals surface area (Å²) >= 11 is 0. The molecule has 0 fully saturated rings. The lowest BCUT2D eigenvalue weighted by Gasteiger charge is -2.28. The zero-order chi connectivity index (χ0) is 17.0. The first-order valence-corrected chi connectivity index (χ1v) is 6.79. The molecule has 1 aromatic rings. The second kappa shape index (κ2) is 6.76. The Morgan fingerprint density at radius 2 is 2.09 bits per heavy atom. The zero-order valence-corrected chi connectivity index (χ0v) is 12.2. The number of benzene rings is 1. The van der Waals surface area contributed by atoms with Crippen molar-refractivity contribution in [2.24, 2.45) is 10.2 Å². The molecule has 0 saturated heterocycles. The summed E-state index contributed by atoms with van der Waals surface area (Å²) in [5.74, 6) is -1.06. The van der Waals surface area contributed by atoms with E-state index >= 15 is 0 Å². The van der Waals surface area contributed by atoms with Crippen LogP contribution in [0, 0.1) is 0 Å². The highest BCUT2D eigenvalue weighted by Gasteiger charge is 2.31. The minimum Gasteiger partial charge on any atom is -0.305 e. The Labute approximate surface area is 129 Å². The number of carbonyl (C=O) groups is 1. The molecule has 0 spiro atoms. The largest absolute Gasteiger partial charge is 0.416 e. The van der Waals surface area contributed by atoms with E-state index in [1.54, 1.807) is 0 Å². The van der Waals surface area contributed by atoms with Gasteiger partial charge in [0.05, 0.1) is 17.8 Å². The van der Waals surface area contributed by atoms with Crippen molar-refractivity contribution in [3.63, 3.8) is 0 Å². The first-order chi connectivity index (χ1) is 10.8. The minimum absolute atomic E-state index is 0.107. The van der Waals surface area contributed by atoms with Crippen LogP contribution in [-0.4, -0.2) is 30.8 Å². The normalized spacial score (nSPS) is 15.1. The quantitative estimate of drug-likeness (QED) is 0.867. The fraction of sp³-hybridized carbons (Fsp3) is 0.357. The highest BCUT2D eigenvalue weighted by Crippen LogP contribution is 2.32. The summed E-state index contributed by atoms with van der Waals surface area (Å²) < 4.78 is 50.9. The smallest absolute Gasteiger partial charge is 0.305 e. The molecule has 9 heteroatoms. The molecule has 0 aromatic heterocycles. The average Bonchev–Trinajstić information content (AvgIpc) is 2.54. The lowest BCUT2D eigenvalue weighted by atomic mass is 10.1. The molecule has 0 saturated carbocycles. The van der Waals surface area contributed by atoms with E-state index in [0.29, 0.717) is 12.1 Å². The predicted molar refractivity (Wildman–Crippen MR) is 78.1 cm³/mol. The minimum atomic E-state index is -4.49. The lowest BCUT2D eigenvalue weighted by Crippen LogP contribution is -2.48. The summed E-state index contributed by atoms with van der Waals surface area (Å²) in [5.41, 5.74) is -0.0222. The molecular weight excluding hydrogens is 316 g/mol. The molecule has 0 aliphatic carbocycles. The SMILES string of the molecule is CCC1=NN=C(NC(=O)CF)N(c2cccc(C(F)(F)F)c2)C1. The number of alkyl halides is 4. The Kier molecular flexibility index (Phi) is 4.97. The molecular formula is C14H14F4N4O. The number of hydrogen-bond acceptors (Lipinski definition) is 4. The van der Waals surface area contributed by atoms with Crippen molar-refractivity contribution >= 4 is 23.3 Å². The second-order valence-corrected chi connectivity index (χ2v) is 4.76. The fourth-order valence-electron chi connectivity index (χ4n) is 1.96. The van der Waals surface area contributed by atoms with Crippen LogP contribution in [-0.2, 0) is 11.0 Å². The number of halogens is 4. The van der Waals surface area contributed by atoms with Crippen LogP contribution >= 0.6 is 0 Å². The molecule has 1 aliphatic rings. The maximum atomic E-state index is 12.8. The van der Waals surface area contributed by atoms with Crippen molar-refractivity contribution in [2.75, 3.05) is 18.1 Å². The predicted octanol–water partition coefficient (Wildman–Crippen LogP) is 2.73. The summed E-state index contributed by atoms with van der Waals surface area (Å²) in [5, 5.41) is 9.83. The number of carbonyl (C=O) groups excluding carboxylic acids is 1. The van der Waals surface area contributed by atoms with Crippen LogP contribution in [0.5, 0.6) is 0 Å². The standard InChI is InChI=1S/C14H14F4N4O/c1-2-10-8-22(13(21-20-10)19-12(23)7-15)11-5-3-4-9(6-11)14(16,17)18/h3-6H,2,7-8H2,1H3,(H,19,21,23). The number of nitrogens with one attached hydrogen (secondary N) is 1. The molecule has 1 aliphatic heterocycles. The van der Waals surface area contributed by atoms with Crippen LogP contribution in [0.25, 0.3) is 0 Å². The molecule has 1 aromatic carbocycles. The highest BCUT2D eigenvalue weighted by molar-refractivity contribution is 6.10. The number of guanidine groups is 1. The summed E-state index contributed by atoms with van der Waals surface area (Å²) in [4.78, 5) is 12.6. The van der Waals surface area contributed by atoms with E-state index in [2.05, 4.69) is 15.5 Å². The van der Waals surface area contributed by atoms with Gasteiger partial charge in [0, 0.05) is 5.69 Å². The van der Waals surface area contributed by atoms with Crippen LogP contribution in [0.2, 0.25) is 0 Å². The van der Waals surface area contributed by atoms with Gasteiger partial charge in [-0.2, -0.15) is 18.3 Å². The van der Waals surface area contributed by atoms with Gasteiger partial charge in [0.25, 0.3) is 5.91 Å². The third kappa shape index (κ3) is 4.05. The molecule has 5 nitrogen and oxygen atoms in total. The molecule has 124 valence electrons. The van der Waals surface area contributed by atoms with Gasteiger partial charge in [0.15, 0.2) is 6.67 Å². The van der Waals surface area contributed by atoms with Gasteiger partial charge in [-0.1, -0.05) is 13.0 Å². The van der Waals surface area contributed by atoms with E-state index in [-0.39, 0.29) is 18.2 Å². The first kappa shape index (κ1) is 16.9. The van der Waals surface area contributed by atoms with Gasteiger partial charge >= 0.3 is 6.18 Å². The Bertz CT molecular complexity index is 654. The van der Waals surface area contributed by atoms with Crippen molar-refractivity contribution in [3.05, 3.63) is 29.8 Å². The van der Waals surface area contributed by atoms with Gasteiger partial charge in [-0.15, -0.1) is 5.10 Å². The summed E-state index contributed by atoms with van der Waals surface area (Å²) in [6, 6.07) is 4.59. The van der Waals surface area contributed by atoms with E-state index in [1.807, 2.05) is 6.92 Å². The highest BCUT2D eigenvalue weighted by atomic mass is 19.4. The molecule has 2 rings (SSSR count). The van der Waals surface area contributed by atoms with Crippen molar-refractivity contribution in [3.8, 4) is 0 Å². The topological polar surface area (TPSA) is 57.1 Å². The van der Waals surface area contributed by atoms with Crippen LogP contribution in [0.3, 0.4) is 0 Å². The van der Waals surface area contributed by atoms with E-state index < -0.39 is 24.3 Å². The van der Waals surface area contributed by atoms with Gasteiger partial charge < -0.3 is 4.90 Å². The molecule has 0 atom stereocenters. The Morgan fingerprint density at radius 3 is 2.70 bits per heavy atom. The van der Waals surface area contributed by atoms with Crippen molar-refractivity contribution in [1.82, 2.24) is 5.32 Å². The number of amides is 1. The van der Waals surface area contributed by atoms with Crippen molar-refractivity contribution < 1.29 is 22.4 Å². The van der Waals surface area contributed by atoms with Crippen molar-refractivity contribution in [2.45, 2.75) is 19.5 Å². The van der Waals surface area contributed by atoms with Crippen LogP contribution in [0.1, 0.15) is 18.9 Å². The lowest BCUT2D eigenvalue weighted by molar-refractivity contribution is -0.137. The van der Waals surface area contributed by atoms with Crippen LogP contribution < -0.4 is 10.2 Å². The fourth-order valence-corrected chi connectivity index (χ4v) is 1.96. The number of hydrogen-bond donors (Lipinski definition) is 1. The Balaban J connectivity index is 2.37. The van der Waals surface area contributed by atoms with Gasteiger partial charge in [0.2, 0.25) is 5.96 Å². The molecule has 0 radical (unpaired) electrons. The number of rotatable bonds is 3. The Hall–Kier alpha value is -2.45. The van der Waals surface area contributed by atoms with Crippen LogP contribution in [0.4, 0.5) is 23.2 Å². The summed E-state index contributed by atoms with van der Waals surface area (Å²) in [6.07, 6.45) is -3.95. The van der Waals surface area contributed by atoms with E-state index in [1.165, 1.54) is 17.0 Å². The molecule has 0 bridgehead atoms. The summed E-state index contributed by atoms with van der Waals surface area (Å²) in [6.45, 7) is 0.715. The average molecular weight is 330 g/mol. The molecule has 1 N–H and O–H groups in total. The molecule has 1 amide bonds. The van der Waals surface area contributed by atoms with Crippen LogP contribution in [0.15, 0.2) is 34.5 Å². The van der Waals surface area contributed by atoms with Crippen molar-refractivity contribution in [1.29, 1.82) is 0 Å². The van der Waals surface area contributed by atoms with E-state index in [4.69, 9.17) is 0 Å². The number of nitrogens with zero attached hydrogens (tertiary/aromatic N) is 3. The van der Waals surface area contributed by atoms with Gasteiger partial charge in [-0.25, -0.2) is 4.39 Å². The first-order valence-electron chi connectivity index (χ1n) is 6.79. The monoisotopic (exact) mass is 330 g/mol.